The molecule has 3 heterocycles. The third-order valence-electron chi connectivity index (χ3n) is 6.60. The number of benzene rings is 1. The van der Waals surface area contributed by atoms with E-state index in [1.165, 1.54) is 6.07 Å². The summed E-state index contributed by atoms with van der Waals surface area (Å²) in [7, 11) is 0. The van der Waals surface area contributed by atoms with Crippen molar-refractivity contribution in [1.29, 1.82) is 0 Å². The summed E-state index contributed by atoms with van der Waals surface area (Å²) in [6.07, 6.45) is 1.72. The van der Waals surface area contributed by atoms with Crippen molar-refractivity contribution in [3.8, 4) is 11.8 Å². The maximum absolute atomic E-state index is 13.7. The van der Waals surface area contributed by atoms with Crippen LogP contribution in [0.4, 0.5) is 19.0 Å². The van der Waals surface area contributed by atoms with Crippen LogP contribution >= 0.6 is 11.6 Å². The Hall–Kier alpha value is -2.88. The van der Waals surface area contributed by atoms with Gasteiger partial charge in [-0.3, -0.25) is 0 Å². The number of fused-ring (bicyclic) bond motifs is 2. The van der Waals surface area contributed by atoms with Crippen LogP contribution in [0.5, 0.6) is 11.8 Å². The summed E-state index contributed by atoms with van der Waals surface area (Å²) in [5.41, 5.74) is 0.931. The average Bonchev–Trinajstić information content (AvgIpc) is 3.21. The van der Waals surface area contributed by atoms with E-state index in [2.05, 4.69) is 25.0 Å². The van der Waals surface area contributed by atoms with Gasteiger partial charge in [0.25, 0.3) is 6.43 Å². The smallest absolute Gasteiger partial charge is 0.320 e. The molecule has 1 aromatic carbocycles. The molecule has 1 aliphatic heterocycles. The Kier molecular flexibility index (Phi) is 6.33. The minimum Gasteiger partial charge on any atom is -0.424 e. The number of hydrogen-bond acceptors (Lipinski definition) is 6. The largest absolute Gasteiger partial charge is 0.424 e. The number of aryl methyl sites for hydroxylation is 1. The minimum absolute atomic E-state index is 0.0768. The van der Waals surface area contributed by atoms with Gasteiger partial charge in [-0.05, 0) is 49.7 Å². The van der Waals surface area contributed by atoms with E-state index in [1.54, 1.807) is 6.33 Å². The average molecular weight is 493 g/mol. The summed E-state index contributed by atoms with van der Waals surface area (Å²) in [5, 5.41) is 4.45. The van der Waals surface area contributed by atoms with Gasteiger partial charge in [-0.15, -0.1) is 0 Å². The number of aromatic nitrogens is 5. The molecule has 1 saturated heterocycles. The molecule has 5 rings (SSSR count). The lowest BCUT2D eigenvalue weighted by atomic mass is 9.82. The van der Waals surface area contributed by atoms with Gasteiger partial charge in [-0.2, -0.15) is 10.1 Å². The Morgan fingerprint density at radius 3 is 2.56 bits per heavy atom. The maximum atomic E-state index is 13.7. The number of piperidine rings is 1. The van der Waals surface area contributed by atoms with Crippen LogP contribution in [0, 0.1) is 30.5 Å². The highest BCUT2D eigenvalue weighted by Crippen LogP contribution is 2.44. The Morgan fingerprint density at radius 2 is 1.88 bits per heavy atom. The normalized spacial score (nSPS) is 21.9. The third-order valence-corrected chi connectivity index (χ3v) is 6.82. The molecule has 1 saturated carbocycles. The third kappa shape index (κ3) is 4.96. The number of alkyl halides is 2. The van der Waals surface area contributed by atoms with Gasteiger partial charge >= 0.3 is 6.01 Å². The fraction of sp³-hybridized carbons (Fsp3) is 0.478. The molecule has 0 N–H and O–H groups in total. The zero-order valence-electron chi connectivity index (χ0n) is 18.5. The van der Waals surface area contributed by atoms with E-state index in [4.69, 9.17) is 16.3 Å². The molecule has 7 nitrogen and oxygen atoms in total. The Labute approximate surface area is 199 Å². The molecular weight excluding hydrogens is 469 g/mol. The molecule has 0 amide bonds. The first kappa shape index (κ1) is 22.9. The number of anilines is 1. The van der Waals surface area contributed by atoms with Gasteiger partial charge in [0, 0.05) is 42.4 Å². The summed E-state index contributed by atoms with van der Waals surface area (Å²) < 4.78 is 46.7. The molecule has 2 fully saturated rings. The molecule has 0 spiro atoms. The molecule has 2 aromatic heterocycles. The van der Waals surface area contributed by atoms with Gasteiger partial charge in [-0.1, -0.05) is 11.6 Å². The van der Waals surface area contributed by atoms with E-state index < -0.39 is 18.8 Å². The second-order valence-electron chi connectivity index (χ2n) is 8.98. The number of nitrogens with zero attached hydrogens (tertiary/aromatic N) is 6. The standard InChI is InChI=1S/C23H24ClF3N6O/c1-13-4-22(29-12-28-13)32-9-14-2-3-15(10-32)19(14)8-21-30-23(33(31-21)11-20(26)27)34-18-6-16(24)5-17(25)7-18/h4-7,12,14-15,19-20H,2-3,8-11H2,1H3. The highest BCUT2D eigenvalue weighted by atomic mass is 35.5. The van der Waals surface area contributed by atoms with Gasteiger partial charge in [0.15, 0.2) is 5.82 Å². The lowest BCUT2D eigenvalue weighted by Crippen LogP contribution is -2.43. The van der Waals surface area contributed by atoms with Crippen LogP contribution in [0.25, 0.3) is 0 Å². The molecule has 2 atom stereocenters. The second-order valence-corrected chi connectivity index (χ2v) is 9.42. The van der Waals surface area contributed by atoms with Gasteiger partial charge in [0.2, 0.25) is 0 Å². The lowest BCUT2D eigenvalue weighted by Gasteiger charge is -2.38. The lowest BCUT2D eigenvalue weighted by molar-refractivity contribution is 0.117. The van der Waals surface area contributed by atoms with E-state index in [9.17, 15) is 13.2 Å². The zero-order valence-corrected chi connectivity index (χ0v) is 19.3. The van der Waals surface area contributed by atoms with Crippen molar-refractivity contribution in [2.24, 2.45) is 17.8 Å². The molecule has 2 unspecified atom stereocenters. The molecule has 34 heavy (non-hydrogen) atoms. The summed E-state index contributed by atoms with van der Waals surface area (Å²) in [6.45, 7) is 3.04. The van der Waals surface area contributed by atoms with Crippen molar-refractivity contribution in [2.45, 2.75) is 39.2 Å². The molecule has 1 aliphatic carbocycles. The monoisotopic (exact) mass is 492 g/mol. The zero-order chi connectivity index (χ0) is 23.8. The fourth-order valence-electron chi connectivity index (χ4n) is 5.16. The molecule has 0 radical (unpaired) electrons. The maximum Gasteiger partial charge on any atom is 0.320 e. The van der Waals surface area contributed by atoms with Gasteiger partial charge in [-0.25, -0.2) is 27.8 Å². The van der Waals surface area contributed by atoms with Gasteiger partial charge < -0.3 is 9.64 Å². The number of halogens is 4. The summed E-state index contributed by atoms with van der Waals surface area (Å²) >= 11 is 5.88. The minimum atomic E-state index is -2.64. The van der Waals surface area contributed by atoms with Crippen LogP contribution in [0.3, 0.4) is 0 Å². The predicted molar refractivity (Wildman–Crippen MR) is 120 cm³/mol. The van der Waals surface area contributed by atoms with Crippen LogP contribution in [0.1, 0.15) is 24.4 Å². The molecule has 2 aliphatic rings. The van der Waals surface area contributed by atoms with Crippen molar-refractivity contribution in [1.82, 2.24) is 24.7 Å². The van der Waals surface area contributed by atoms with E-state index >= 15 is 0 Å². The molecule has 11 heteroatoms. The SMILES string of the molecule is Cc1cc(N2CC3CCC(C2)C3Cc2nc(Oc3cc(F)cc(Cl)c3)n(CC(F)F)n2)ncn1. The number of rotatable bonds is 7. The molecule has 180 valence electrons. The topological polar surface area (TPSA) is 69.0 Å². The molecular formula is C23H24ClF3N6O. The van der Waals surface area contributed by atoms with E-state index in [0.29, 0.717) is 30.0 Å². The van der Waals surface area contributed by atoms with Crippen LogP contribution in [-0.4, -0.2) is 44.2 Å². The molecule has 3 aromatic rings. The summed E-state index contributed by atoms with van der Waals surface area (Å²) in [4.78, 5) is 15.3. The van der Waals surface area contributed by atoms with Crippen molar-refractivity contribution < 1.29 is 17.9 Å². The molecule has 2 bridgehead atoms. The van der Waals surface area contributed by atoms with Crippen LogP contribution in [0.2, 0.25) is 5.02 Å². The Bertz CT molecular complexity index is 1140. The van der Waals surface area contributed by atoms with E-state index in [0.717, 1.165) is 54.3 Å². The first-order valence-corrected chi connectivity index (χ1v) is 11.6. The first-order chi connectivity index (χ1) is 16.3. The highest BCUT2D eigenvalue weighted by molar-refractivity contribution is 6.30. The first-order valence-electron chi connectivity index (χ1n) is 11.2. The van der Waals surface area contributed by atoms with E-state index in [-0.39, 0.29) is 16.8 Å². The highest BCUT2D eigenvalue weighted by Gasteiger charge is 2.43. The quantitative estimate of drug-likeness (QED) is 0.466. The Balaban J connectivity index is 1.33. The van der Waals surface area contributed by atoms with Crippen LogP contribution in [0.15, 0.2) is 30.6 Å². The van der Waals surface area contributed by atoms with Crippen molar-refractivity contribution in [3.63, 3.8) is 0 Å². The van der Waals surface area contributed by atoms with E-state index in [1.807, 2.05) is 13.0 Å². The predicted octanol–water partition coefficient (Wildman–Crippen LogP) is 4.93. The fourth-order valence-corrected chi connectivity index (χ4v) is 5.37. The van der Waals surface area contributed by atoms with Crippen molar-refractivity contribution in [3.05, 3.63) is 53.0 Å². The van der Waals surface area contributed by atoms with Crippen LogP contribution in [-0.2, 0) is 13.0 Å². The second kappa shape index (κ2) is 9.40. The van der Waals surface area contributed by atoms with Crippen molar-refractivity contribution in [2.75, 3.05) is 18.0 Å². The van der Waals surface area contributed by atoms with Gasteiger partial charge in [0.05, 0.1) is 0 Å². The van der Waals surface area contributed by atoms with Crippen molar-refractivity contribution >= 4 is 17.4 Å². The summed E-state index contributed by atoms with van der Waals surface area (Å²) in [6, 6.07) is 5.55. The van der Waals surface area contributed by atoms with Crippen LogP contribution < -0.4 is 9.64 Å². The number of ether oxygens (including phenoxy) is 1. The number of hydrogen-bond donors (Lipinski definition) is 0. The van der Waals surface area contributed by atoms with Gasteiger partial charge in [0.1, 0.15) is 30.3 Å². The summed E-state index contributed by atoms with van der Waals surface area (Å²) in [5.74, 6) is 2.08. The Morgan fingerprint density at radius 1 is 1.12 bits per heavy atom.